The van der Waals surface area contributed by atoms with E-state index >= 15 is 0 Å². The number of hydrogen-bond acceptors (Lipinski definition) is 3. The van der Waals surface area contributed by atoms with Gasteiger partial charge in [0.25, 0.3) is 0 Å². The average Bonchev–Trinajstić information content (AvgIpc) is 2.38. The van der Waals surface area contributed by atoms with Crippen LogP contribution in [0.25, 0.3) is 0 Å². The summed E-state index contributed by atoms with van der Waals surface area (Å²) in [5.41, 5.74) is 1.78. The van der Waals surface area contributed by atoms with Crippen LogP contribution < -0.4 is 5.32 Å². The van der Waals surface area contributed by atoms with Crippen LogP contribution in [0.1, 0.15) is 16.2 Å². The van der Waals surface area contributed by atoms with E-state index in [4.69, 9.17) is 5.11 Å². The summed E-state index contributed by atoms with van der Waals surface area (Å²) < 4.78 is 1.12. The maximum Gasteiger partial charge on any atom is 0.354 e. The van der Waals surface area contributed by atoms with Gasteiger partial charge >= 0.3 is 5.97 Å². The molecule has 2 N–H and O–H groups in total. The van der Waals surface area contributed by atoms with E-state index in [1.807, 2.05) is 24.3 Å². The first-order chi connectivity index (χ1) is 8.66. The number of aromatic nitrogens is 1. The molecule has 2 rings (SSSR count). The minimum atomic E-state index is -1.01. The van der Waals surface area contributed by atoms with Crippen LogP contribution in [0, 0.1) is 3.57 Å². The summed E-state index contributed by atoms with van der Waals surface area (Å²) in [4.78, 5) is 14.8. The van der Waals surface area contributed by atoms with Crippen LogP contribution in [0.15, 0.2) is 42.5 Å². The second-order valence-electron chi connectivity index (χ2n) is 3.65. The molecule has 0 unspecified atom stereocenters. The van der Waals surface area contributed by atoms with E-state index in [0.29, 0.717) is 12.2 Å². The monoisotopic (exact) mass is 354 g/mol. The highest BCUT2D eigenvalue weighted by Gasteiger charge is 2.05. The Labute approximate surface area is 118 Å². The smallest absolute Gasteiger partial charge is 0.354 e. The molecule has 92 valence electrons. The first-order valence-electron chi connectivity index (χ1n) is 5.34. The largest absolute Gasteiger partial charge is 0.477 e. The van der Waals surface area contributed by atoms with Crippen molar-refractivity contribution in [3.05, 3.63) is 57.4 Å². The van der Waals surface area contributed by atoms with Crippen molar-refractivity contribution in [1.29, 1.82) is 0 Å². The van der Waals surface area contributed by atoms with E-state index in [1.54, 1.807) is 12.1 Å². The van der Waals surface area contributed by atoms with Crippen molar-refractivity contribution in [1.82, 2.24) is 4.98 Å². The summed E-state index contributed by atoms with van der Waals surface area (Å²) in [6, 6.07) is 12.9. The van der Waals surface area contributed by atoms with Crippen LogP contribution in [0.2, 0.25) is 0 Å². The highest BCUT2D eigenvalue weighted by Crippen LogP contribution is 2.17. The Morgan fingerprint density at radius 3 is 2.72 bits per heavy atom. The third kappa shape index (κ3) is 3.19. The molecule has 1 heterocycles. The van der Waals surface area contributed by atoms with E-state index in [0.717, 1.165) is 9.26 Å². The summed E-state index contributed by atoms with van der Waals surface area (Å²) in [5, 5.41) is 12.1. The number of halogens is 1. The summed E-state index contributed by atoms with van der Waals surface area (Å²) in [7, 11) is 0. The number of rotatable bonds is 4. The molecule has 1 aromatic carbocycles. The van der Waals surface area contributed by atoms with Gasteiger partial charge in [0.1, 0.15) is 5.69 Å². The number of hydrogen-bond donors (Lipinski definition) is 2. The second kappa shape index (κ2) is 5.81. The van der Waals surface area contributed by atoms with Crippen molar-refractivity contribution < 1.29 is 9.90 Å². The Morgan fingerprint density at radius 1 is 1.22 bits per heavy atom. The highest BCUT2D eigenvalue weighted by molar-refractivity contribution is 14.1. The number of para-hydroxylation sites is 1. The molecule has 0 spiro atoms. The Bertz CT molecular complexity index is 572. The zero-order chi connectivity index (χ0) is 13.0. The van der Waals surface area contributed by atoms with E-state index in [1.165, 1.54) is 6.07 Å². The SMILES string of the molecule is O=C(O)c1cccc(CNc2ccccc2I)n1. The summed E-state index contributed by atoms with van der Waals surface area (Å²) in [6.07, 6.45) is 0. The Morgan fingerprint density at radius 2 is 2.00 bits per heavy atom. The van der Waals surface area contributed by atoms with Crippen LogP contribution in [0.5, 0.6) is 0 Å². The van der Waals surface area contributed by atoms with Crippen molar-refractivity contribution in [2.75, 3.05) is 5.32 Å². The lowest BCUT2D eigenvalue weighted by Crippen LogP contribution is -2.06. The number of anilines is 1. The maximum absolute atomic E-state index is 10.8. The predicted octanol–water partition coefficient (Wildman–Crippen LogP) is 3.00. The van der Waals surface area contributed by atoms with Gasteiger partial charge < -0.3 is 10.4 Å². The van der Waals surface area contributed by atoms with E-state index in [-0.39, 0.29) is 5.69 Å². The van der Waals surface area contributed by atoms with Crippen molar-refractivity contribution in [2.24, 2.45) is 0 Å². The molecule has 4 nitrogen and oxygen atoms in total. The zero-order valence-corrected chi connectivity index (χ0v) is 11.6. The van der Waals surface area contributed by atoms with Crippen LogP contribution >= 0.6 is 22.6 Å². The molecule has 0 amide bonds. The van der Waals surface area contributed by atoms with Crippen molar-refractivity contribution in [3.8, 4) is 0 Å². The first-order valence-corrected chi connectivity index (χ1v) is 6.42. The van der Waals surface area contributed by atoms with Gasteiger partial charge in [0.2, 0.25) is 0 Å². The lowest BCUT2D eigenvalue weighted by Gasteiger charge is -2.08. The van der Waals surface area contributed by atoms with Gasteiger partial charge in [-0.1, -0.05) is 18.2 Å². The molecule has 0 atom stereocenters. The molecule has 0 fully saturated rings. The highest BCUT2D eigenvalue weighted by atomic mass is 127. The maximum atomic E-state index is 10.8. The van der Waals surface area contributed by atoms with E-state index in [2.05, 4.69) is 32.9 Å². The Balaban J connectivity index is 2.09. The standard InChI is InChI=1S/C13H11IN2O2/c14-10-5-1-2-6-11(10)15-8-9-4-3-7-12(16-9)13(17)18/h1-7,15H,8H2,(H,17,18). The molecule has 0 radical (unpaired) electrons. The van der Waals surface area contributed by atoms with E-state index in [9.17, 15) is 4.79 Å². The van der Waals surface area contributed by atoms with Gasteiger partial charge in [-0.3, -0.25) is 0 Å². The number of aromatic carboxylic acids is 1. The second-order valence-corrected chi connectivity index (χ2v) is 4.81. The van der Waals surface area contributed by atoms with Gasteiger partial charge in [-0.05, 0) is 46.9 Å². The molecule has 0 aliphatic heterocycles. The molecule has 0 aliphatic carbocycles. The van der Waals surface area contributed by atoms with Crippen LogP contribution in [0.3, 0.4) is 0 Å². The number of nitrogens with zero attached hydrogens (tertiary/aromatic N) is 1. The van der Waals surface area contributed by atoms with Gasteiger partial charge in [0, 0.05) is 9.26 Å². The Kier molecular flexibility index (Phi) is 4.14. The minimum Gasteiger partial charge on any atom is -0.477 e. The van der Waals surface area contributed by atoms with Crippen molar-refractivity contribution in [3.63, 3.8) is 0 Å². The van der Waals surface area contributed by atoms with Crippen molar-refractivity contribution >= 4 is 34.2 Å². The molecule has 0 saturated carbocycles. The first kappa shape index (κ1) is 12.8. The molecule has 0 aliphatic rings. The van der Waals surface area contributed by atoms with Crippen LogP contribution in [-0.4, -0.2) is 16.1 Å². The molecule has 18 heavy (non-hydrogen) atoms. The normalized spacial score (nSPS) is 10.1. The third-order valence-electron chi connectivity index (χ3n) is 2.36. The molecule has 1 aromatic heterocycles. The molecular formula is C13H11IN2O2. The molecule has 2 aromatic rings. The van der Waals surface area contributed by atoms with Gasteiger partial charge in [0.15, 0.2) is 0 Å². The fraction of sp³-hybridized carbons (Fsp3) is 0.0769. The molecular weight excluding hydrogens is 343 g/mol. The molecule has 0 saturated heterocycles. The minimum absolute atomic E-state index is 0.0667. The van der Waals surface area contributed by atoms with Crippen LogP contribution in [-0.2, 0) is 6.54 Å². The van der Waals surface area contributed by atoms with E-state index < -0.39 is 5.97 Å². The molecule has 0 bridgehead atoms. The summed E-state index contributed by atoms with van der Waals surface area (Å²) >= 11 is 2.24. The quantitative estimate of drug-likeness (QED) is 0.829. The summed E-state index contributed by atoms with van der Waals surface area (Å²) in [5.74, 6) is -1.01. The number of nitrogens with one attached hydrogen (secondary N) is 1. The van der Waals surface area contributed by atoms with Crippen LogP contribution in [0.4, 0.5) is 5.69 Å². The lowest BCUT2D eigenvalue weighted by atomic mass is 10.3. The number of carboxylic acids is 1. The van der Waals surface area contributed by atoms with Gasteiger partial charge in [0.05, 0.1) is 12.2 Å². The fourth-order valence-electron chi connectivity index (χ4n) is 1.49. The number of carboxylic acid groups (broad SMARTS) is 1. The van der Waals surface area contributed by atoms with Crippen molar-refractivity contribution in [2.45, 2.75) is 6.54 Å². The van der Waals surface area contributed by atoms with Gasteiger partial charge in [-0.25, -0.2) is 9.78 Å². The fourth-order valence-corrected chi connectivity index (χ4v) is 2.07. The molecule has 5 heteroatoms. The number of pyridine rings is 1. The number of carbonyl (C=O) groups is 1. The Hall–Kier alpha value is -1.63. The number of benzene rings is 1. The third-order valence-corrected chi connectivity index (χ3v) is 3.30. The topological polar surface area (TPSA) is 62.2 Å². The average molecular weight is 354 g/mol. The van der Waals surface area contributed by atoms with Gasteiger partial charge in [-0.15, -0.1) is 0 Å². The van der Waals surface area contributed by atoms with Gasteiger partial charge in [-0.2, -0.15) is 0 Å². The lowest BCUT2D eigenvalue weighted by molar-refractivity contribution is 0.0690. The zero-order valence-electron chi connectivity index (χ0n) is 9.43. The predicted molar refractivity (Wildman–Crippen MR) is 77.7 cm³/mol. The summed E-state index contributed by atoms with van der Waals surface area (Å²) in [6.45, 7) is 0.501.